The Morgan fingerprint density at radius 3 is 2.48 bits per heavy atom. The highest BCUT2D eigenvalue weighted by Crippen LogP contribution is 2.23. The highest BCUT2D eigenvalue weighted by atomic mass is 16.5. The van der Waals surface area contributed by atoms with Crippen LogP contribution >= 0.6 is 0 Å². The third-order valence-corrected chi connectivity index (χ3v) is 3.82. The molecule has 0 amide bonds. The van der Waals surface area contributed by atoms with Crippen molar-refractivity contribution in [3.8, 4) is 0 Å². The van der Waals surface area contributed by atoms with Crippen LogP contribution in [-0.4, -0.2) is 36.4 Å². The molecule has 23 heavy (non-hydrogen) atoms. The molecular weight excluding hydrogens is 288 g/mol. The highest BCUT2D eigenvalue weighted by Gasteiger charge is 2.28. The second-order valence-electron chi connectivity index (χ2n) is 5.19. The number of carbonyl (C=O) groups is 1. The molecule has 1 aromatic carbocycles. The molecule has 0 saturated carbocycles. The lowest BCUT2D eigenvalue weighted by Gasteiger charge is -2.26. The van der Waals surface area contributed by atoms with E-state index in [-0.39, 0.29) is 5.97 Å². The largest absolute Gasteiger partial charge is 0.465 e. The Labute approximate surface area is 138 Å². The van der Waals surface area contributed by atoms with Crippen molar-refractivity contribution in [2.75, 3.05) is 19.7 Å². The molecule has 0 fully saturated rings. The third-order valence-electron chi connectivity index (χ3n) is 3.82. The van der Waals surface area contributed by atoms with Crippen LogP contribution in [0.1, 0.15) is 26.3 Å². The van der Waals surface area contributed by atoms with E-state index in [4.69, 9.17) is 4.74 Å². The van der Waals surface area contributed by atoms with Crippen molar-refractivity contribution in [2.45, 2.75) is 20.8 Å². The van der Waals surface area contributed by atoms with E-state index in [2.05, 4.69) is 23.7 Å². The second kappa shape index (κ2) is 8.32. The van der Waals surface area contributed by atoms with Crippen molar-refractivity contribution in [3.63, 3.8) is 0 Å². The molecule has 0 saturated heterocycles. The molecule has 1 aliphatic heterocycles. The van der Waals surface area contributed by atoms with Gasteiger partial charge in [0.1, 0.15) is 11.8 Å². The first-order chi connectivity index (χ1) is 11.2. The molecule has 0 N–H and O–H groups in total. The molecule has 0 spiro atoms. The van der Waals surface area contributed by atoms with E-state index < -0.39 is 5.92 Å². The van der Waals surface area contributed by atoms with Gasteiger partial charge in [0.15, 0.2) is 0 Å². The Hall–Kier alpha value is -2.36. The zero-order valence-electron chi connectivity index (χ0n) is 14.0. The first kappa shape index (κ1) is 17.0. The summed E-state index contributed by atoms with van der Waals surface area (Å²) in [6.45, 7) is 7.90. The van der Waals surface area contributed by atoms with E-state index in [0.29, 0.717) is 6.61 Å². The van der Waals surface area contributed by atoms with Gasteiger partial charge < -0.3 is 9.64 Å². The van der Waals surface area contributed by atoms with E-state index in [1.165, 1.54) is 0 Å². The summed E-state index contributed by atoms with van der Waals surface area (Å²) in [6, 6.07) is 10.0. The monoisotopic (exact) mass is 312 g/mol. The van der Waals surface area contributed by atoms with Crippen LogP contribution < -0.4 is 0 Å². The Morgan fingerprint density at radius 1 is 1.17 bits per heavy atom. The van der Waals surface area contributed by atoms with E-state index >= 15 is 0 Å². The summed E-state index contributed by atoms with van der Waals surface area (Å²) in [5.74, 6) is 0.00553. The van der Waals surface area contributed by atoms with Gasteiger partial charge in [0.05, 0.1) is 6.61 Å². The predicted molar refractivity (Wildman–Crippen MR) is 94.0 cm³/mol. The van der Waals surface area contributed by atoms with Crippen LogP contribution in [0.3, 0.4) is 0 Å². The minimum atomic E-state index is -0.486. The van der Waals surface area contributed by atoms with Crippen LogP contribution in [0.15, 0.2) is 53.7 Å². The summed E-state index contributed by atoms with van der Waals surface area (Å²) in [6.07, 6.45) is 5.66. The minimum Gasteiger partial charge on any atom is -0.465 e. The lowest BCUT2D eigenvalue weighted by Crippen LogP contribution is -2.39. The molecular formula is C19H24N2O2. The van der Waals surface area contributed by atoms with E-state index in [9.17, 15) is 4.79 Å². The molecule has 4 heteroatoms. The van der Waals surface area contributed by atoms with E-state index in [1.807, 2.05) is 49.4 Å². The highest BCUT2D eigenvalue weighted by molar-refractivity contribution is 6.05. The van der Waals surface area contributed by atoms with Gasteiger partial charge in [-0.15, -0.1) is 0 Å². The van der Waals surface area contributed by atoms with Gasteiger partial charge in [-0.05, 0) is 38.0 Å². The van der Waals surface area contributed by atoms with Crippen molar-refractivity contribution in [3.05, 3.63) is 54.2 Å². The average Bonchev–Trinajstić information content (AvgIpc) is 2.80. The maximum atomic E-state index is 12.5. The van der Waals surface area contributed by atoms with Gasteiger partial charge >= 0.3 is 5.97 Å². The number of amidine groups is 1. The summed E-state index contributed by atoms with van der Waals surface area (Å²) < 4.78 is 5.27. The topological polar surface area (TPSA) is 41.9 Å². The van der Waals surface area contributed by atoms with E-state index in [0.717, 1.165) is 30.1 Å². The van der Waals surface area contributed by atoms with Gasteiger partial charge in [0, 0.05) is 19.3 Å². The van der Waals surface area contributed by atoms with Crippen molar-refractivity contribution in [2.24, 2.45) is 10.9 Å². The lowest BCUT2D eigenvalue weighted by molar-refractivity contribution is -0.144. The molecule has 1 unspecified atom stereocenters. The zero-order chi connectivity index (χ0) is 16.7. The number of benzene rings is 1. The van der Waals surface area contributed by atoms with Crippen LogP contribution in [0.4, 0.5) is 0 Å². The first-order valence-corrected chi connectivity index (χ1v) is 8.14. The number of ether oxygens (including phenoxy) is 1. The molecule has 2 rings (SSSR count). The second-order valence-corrected chi connectivity index (χ2v) is 5.19. The molecule has 0 bridgehead atoms. The van der Waals surface area contributed by atoms with Crippen LogP contribution in [-0.2, 0) is 9.53 Å². The van der Waals surface area contributed by atoms with Gasteiger partial charge in [-0.1, -0.05) is 36.4 Å². The fourth-order valence-electron chi connectivity index (χ4n) is 2.64. The van der Waals surface area contributed by atoms with Gasteiger partial charge in [-0.2, -0.15) is 0 Å². The minimum absolute atomic E-state index is 0.254. The fourth-order valence-corrected chi connectivity index (χ4v) is 2.64. The van der Waals surface area contributed by atoms with Crippen LogP contribution in [0.5, 0.6) is 0 Å². The number of hydrogen-bond donors (Lipinski definition) is 0. The average molecular weight is 312 g/mol. The maximum Gasteiger partial charge on any atom is 0.320 e. The van der Waals surface area contributed by atoms with Crippen LogP contribution in [0.25, 0.3) is 5.57 Å². The van der Waals surface area contributed by atoms with Gasteiger partial charge in [-0.25, -0.2) is 4.99 Å². The van der Waals surface area contributed by atoms with E-state index in [1.54, 1.807) is 6.20 Å². The first-order valence-electron chi connectivity index (χ1n) is 8.14. The molecule has 1 heterocycles. The Balaban J connectivity index is 2.43. The van der Waals surface area contributed by atoms with Crippen molar-refractivity contribution < 1.29 is 9.53 Å². The van der Waals surface area contributed by atoms with Gasteiger partial charge in [-0.3, -0.25) is 4.79 Å². The van der Waals surface area contributed by atoms with Crippen LogP contribution in [0, 0.1) is 5.92 Å². The Morgan fingerprint density at radius 2 is 1.87 bits per heavy atom. The quantitative estimate of drug-likeness (QED) is 0.781. The predicted octanol–water partition coefficient (Wildman–Crippen LogP) is 3.52. The maximum absolute atomic E-state index is 12.5. The standard InChI is InChI=1S/C19H24N2O2/c1-4-21(5-2)18-17(19(22)23-6-3)14-16(12-13-20-18)15-10-8-7-9-11-15/h7-14,17H,4-6H2,1-3H3. The summed E-state index contributed by atoms with van der Waals surface area (Å²) >= 11 is 0. The third kappa shape index (κ3) is 4.09. The SMILES string of the molecule is CCOC(=O)C1C=C(c2ccccc2)C=CN=C1N(CC)CC. The molecule has 122 valence electrons. The number of aliphatic imine (C=N–C) groups is 1. The molecule has 0 aromatic heterocycles. The zero-order valence-corrected chi connectivity index (χ0v) is 14.0. The molecule has 0 radical (unpaired) electrons. The lowest BCUT2D eigenvalue weighted by atomic mass is 9.99. The molecule has 1 aromatic rings. The number of esters is 1. The summed E-state index contributed by atoms with van der Waals surface area (Å²) in [5, 5.41) is 0. The molecule has 4 nitrogen and oxygen atoms in total. The number of carbonyl (C=O) groups excluding carboxylic acids is 1. The molecule has 1 atom stereocenters. The van der Waals surface area contributed by atoms with Crippen molar-refractivity contribution >= 4 is 17.4 Å². The summed E-state index contributed by atoms with van der Waals surface area (Å²) in [5.41, 5.74) is 2.05. The number of hydrogen-bond acceptors (Lipinski definition) is 4. The Bertz CT molecular complexity index is 614. The van der Waals surface area contributed by atoms with Crippen LogP contribution in [0.2, 0.25) is 0 Å². The van der Waals surface area contributed by atoms with Crippen molar-refractivity contribution in [1.82, 2.24) is 4.90 Å². The normalized spacial score (nSPS) is 17.1. The Kier molecular flexibility index (Phi) is 6.15. The number of allylic oxidation sites excluding steroid dienone is 2. The molecule has 1 aliphatic rings. The molecule has 0 aliphatic carbocycles. The van der Waals surface area contributed by atoms with Gasteiger partial charge in [0.2, 0.25) is 0 Å². The number of nitrogens with zero attached hydrogens (tertiary/aromatic N) is 2. The summed E-state index contributed by atoms with van der Waals surface area (Å²) in [7, 11) is 0. The number of rotatable bonds is 5. The smallest absolute Gasteiger partial charge is 0.320 e. The summed E-state index contributed by atoms with van der Waals surface area (Å²) in [4.78, 5) is 19.1. The fraction of sp³-hybridized carbons (Fsp3) is 0.368. The van der Waals surface area contributed by atoms with Crippen molar-refractivity contribution in [1.29, 1.82) is 0 Å². The van der Waals surface area contributed by atoms with Gasteiger partial charge in [0.25, 0.3) is 0 Å².